The summed E-state index contributed by atoms with van der Waals surface area (Å²) in [7, 11) is 0. The smallest absolute Gasteiger partial charge is 0.260 e. The van der Waals surface area contributed by atoms with Gasteiger partial charge < -0.3 is 19.1 Å². The second-order valence-corrected chi connectivity index (χ2v) is 7.82. The Balaban J connectivity index is 1.28. The average molecular weight is 383 g/mol. The number of nitrogens with zero attached hydrogens (tertiary/aromatic N) is 3. The van der Waals surface area contributed by atoms with Crippen molar-refractivity contribution >= 4 is 5.91 Å². The minimum atomic E-state index is -0.239. The minimum absolute atomic E-state index is 0.0116. The third-order valence-corrected chi connectivity index (χ3v) is 5.04. The number of aromatic nitrogens is 2. The van der Waals surface area contributed by atoms with Gasteiger partial charge in [0, 0.05) is 50.2 Å². The fourth-order valence-corrected chi connectivity index (χ4v) is 3.67. The number of para-hydroxylation sites is 1. The highest BCUT2D eigenvalue weighted by molar-refractivity contribution is 5.78. The van der Waals surface area contributed by atoms with E-state index in [4.69, 9.17) is 14.2 Å². The molecule has 1 fully saturated rings. The quantitative estimate of drug-likeness (QED) is 0.790. The number of likely N-dealkylation sites (tertiary alicyclic amines) is 1. The first-order chi connectivity index (χ1) is 13.5. The van der Waals surface area contributed by atoms with Crippen molar-refractivity contribution in [1.29, 1.82) is 0 Å². The van der Waals surface area contributed by atoms with Crippen molar-refractivity contribution in [3.63, 3.8) is 0 Å². The predicted molar refractivity (Wildman–Crippen MR) is 103 cm³/mol. The van der Waals surface area contributed by atoms with Gasteiger partial charge in [0.25, 0.3) is 5.91 Å². The molecule has 28 heavy (non-hydrogen) atoms. The summed E-state index contributed by atoms with van der Waals surface area (Å²) in [5.74, 6) is 1.95. The van der Waals surface area contributed by atoms with Crippen LogP contribution in [0, 0.1) is 0 Å². The highest BCUT2D eigenvalue weighted by atomic mass is 16.5. The molecule has 1 aromatic carbocycles. The molecule has 0 unspecified atom stereocenters. The number of benzene rings is 1. The van der Waals surface area contributed by atoms with Crippen molar-refractivity contribution < 1.29 is 19.0 Å². The lowest BCUT2D eigenvalue weighted by molar-refractivity contribution is -0.135. The van der Waals surface area contributed by atoms with Crippen LogP contribution in [0.1, 0.15) is 32.3 Å². The molecular weight excluding hydrogens is 358 g/mol. The van der Waals surface area contributed by atoms with Crippen LogP contribution in [0.2, 0.25) is 0 Å². The molecule has 0 atom stereocenters. The van der Waals surface area contributed by atoms with Crippen molar-refractivity contribution in [3.05, 3.63) is 42.4 Å². The number of ether oxygens (including phenoxy) is 3. The normalized spacial score (nSPS) is 18.3. The van der Waals surface area contributed by atoms with Crippen molar-refractivity contribution in [1.82, 2.24) is 14.9 Å². The Morgan fingerprint density at radius 1 is 1.29 bits per heavy atom. The van der Waals surface area contributed by atoms with E-state index in [0.29, 0.717) is 24.7 Å². The summed E-state index contributed by atoms with van der Waals surface area (Å²) in [6.07, 6.45) is 5.57. The first kappa shape index (κ1) is 18.5. The second kappa shape index (κ2) is 7.66. The SMILES string of the molecule is CC1(C)Cc2cccc(OCC(=O)N3CCC(Oc4ccncn4)CC3)c2O1. The molecule has 1 amide bonds. The van der Waals surface area contributed by atoms with Gasteiger partial charge in [0.15, 0.2) is 18.1 Å². The van der Waals surface area contributed by atoms with Crippen molar-refractivity contribution in [3.8, 4) is 17.4 Å². The summed E-state index contributed by atoms with van der Waals surface area (Å²) in [4.78, 5) is 22.4. The van der Waals surface area contributed by atoms with Gasteiger partial charge in [-0.3, -0.25) is 4.79 Å². The van der Waals surface area contributed by atoms with Gasteiger partial charge in [-0.25, -0.2) is 9.97 Å². The Bertz CT molecular complexity index is 833. The highest BCUT2D eigenvalue weighted by Gasteiger charge is 2.32. The third kappa shape index (κ3) is 4.18. The fourth-order valence-electron chi connectivity index (χ4n) is 3.67. The molecule has 4 rings (SSSR count). The number of hydrogen-bond donors (Lipinski definition) is 0. The maximum atomic E-state index is 12.6. The van der Waals surface area contributed by atoms with Crippen LogP contribution in [0.15, 0.2) is 36.8 Å². The van der Waals surface area contributed by atoms with E-state index >= 15 is 0 Å². The number of carbonyl (C=O) groups excluding carboxylic acids is 1. The Hall–Kier alpha value is -2.83. The lowest BCUT2D eigenvalue weighted by Gasteiger charge is -2.31. The molecular formula is C21H25N3O4. The Kier molecular flexibility index (Phi) is 5.07. The van der Waals surface area contributed by atoms with Crippen molar-refractivity contribution in [2.24, 2.45) is 0 Å². The number of fused-ring (bicyclic) bond motifs is 1. The van der Waals surface area contributed by atoms with Crippen molar-refractivity contribution in [2.75, 3.05) is 19.7 Å². The van der Waals surface area contributed by atoms with Crippen LogP contribution >= 0.6 is 0 Å². The molecule has 0 aliphatic carbocycles. The summed E-state index contributed by atoms with van der Waals surface area (Å²) in [5, 5.41) is 0. The molecule has 2 aromatic rings. The molecule has 3 heterocycles. The van der Waals surface area contributed by atoms with Gasteiger partial charge in [-0.15, -0.1) is 0 Å². The summed E-state index contributed by atoms with van der Waals surface area (Å²) in [6, 6.07) is 7.59. The fraction of sp³-hybridized carbons (Fsp3) is 0.476. The molecule has 0 saturated carbocycles. The van der Waals surface area contributed by atoms with Gasteiger partial charge in [-0.1, -0.05) is 12.1 Å². The zero-order chi connectivity index (χ0) is 19.6. The van der Waals surface area contributed by atoms with Gasteiger partial charge in [0.05, 0.1) is 0 Å². The van der Waals surface area contributed by atoms with E-state index in [1.54, 1.807) is 12.3 Å². The standard InChI is InChI=1S/C21H25N3O4/c1-21(2)12-15-4-3-5-17(20(15)28-21)26-13-19(25)24-10-7-16(8-11-24)27-18-6-9-22-14-23-18/h3-6,9,14,16H,7-8,10-13H2,1-2H3. The Labute approximate surface area is 164 Å². The molecule has 0 N–H and O–H groups in total. The second-order valence-electron chi connectivity index (χ2n) is 7.82. The van der Waals surface area contributed by atoms with Gasteiger partial charge in [-0.05, 0) is 19.9 Å². The van der Waals surface area contributed by atoms with Crippen LogP contribution in [0.5, 0.6) is 17.4 Å². The number of amides is 1. The molecule has 0 radical (unpaired) electrons. The summed E-state index contributed by atoms with van der Waals surface area (Å²) in [6.45, 7) is 5.41. The van der Waals surface area contributed by atoms with E-state index in [0.717, 1.165) is 30.6 Å². The predicted octanol–water partition coefficient (Wildman–Crippen LogP) is 2.64. The summed E-state index contributed by atoms with van der Waals surface area (Å²) in [5.41, 5.74) is 0.884. The molecule has 148 valence electrons. The van der Waals surface area contributed by atoms with Gasteiger partial charge >= 0.3 is 0 Å². The van der Waals surface area contributed by atoms with Crippen LogP contribution < -0.4 is 14.2 Å². The molecule has 2 aliphatic heterocycles. The van der Waals surface area contributed by atoms with E-state index in [9.17, 15) is 4.79 Å². The molecule has 7 heteroatoms. The van der Waals surface area contributed by atoms with Gasteiger partial charge in [0.2, 0.25) is 5.88 Å². The number of hydrogen-bond acceptors (Lipinski definition) is 6. The van der Waals surface area contributed by atoms with Gasteiger partial charge in [0.1, 0.15) is 18.0 Å². The zero-order valence-electron chi connectivity index (χ0n) is 16.3. The van der Waals surface area contributed by atoms with E-state index < -0.39 is 0 Å². The molecule has 1 saturated heterocycles. The first-order valence-electron chi connectivity index (χ1n) is 9.64. The van der Waals surface area contributed by atoms with E-state index in [-0.39, 0.29) is 24.2 Å². The average Bonchev–Trinajstić information content (AvgIpc) is 3.02. The first-order valence-corrected chi connectivity index (χ1v) is 9.64. The van der Waals surface area contributed by atoms with Gasteiger partial charge in [-0.2, -0.15) is 0 Å². The molecule has 1 aromatic heterocycles. The number of carbonyl (C=O) groups is 1. The van der Waals surface area contributed by atoms with E-state index in [1.807, 2.05) is 23.1 Å². The third-order valence-electron chi connectivity index (χ3n) is 5.04. The van der Waals surface area contributed by atoms with E-state index in [1.165, 1.54) is 6.33 Å². The molecule has 2 aliphatic rings. The molecule has 0 bridgehead atoms. The Morgan fingerprint density at radius 2 is 2.11 bits per heavy atom. The highest BCUT2D eigenvalue weighted by Crippen LogP contribution is 2.41. The maximum Gasteiger partial charge on any atom is 0.260 e. The van der Waals surface area contributed by atoms with Crippen molar-refractivity contribution in [2.45, 2.75) is 44.8 Å². The molecule has 7 nitrogen and oxygen atoms in total. The van der Waals surface area contributed by atoms with Crippen LogP contribution in [-0.2, 0) is 11.2 Å². The Morgan fingerprint density at radius 3 is 2.86 bits per heavy atom. The number of piperidine rings is 1. The molecule has 0 spiro atoms. The van der Waals surface area contributed by atoms with Crippen LogP contribution in [0.25, 0.3) is 0 Å². The topological polar surface area (TPSA) is 73.8 Å². The van der Waals surface area contributed by atoms with Crippen LogP contribution in [0.3, 0.4) is 0 Å². The monoisotopic (exact) mass is 383 g/mol. The largest absolute Gasteiger partial charge is 0.483 e. The lowest BCUT2D eigenvalue weighted by atomic mass is 10.0. The van der Waals surface area contributed by atoms with E-state index in [2.05, 4.69) is 23.8 Å². The van der Waals surface area contributed by atoms with Crippen LogP contribution in [-0.4, -0.2) is 52.2 Å². The number of rotatable bonds is 5. The lowest BCUT2D eigenvalue weighted by Crippen LogP contribution is -2.43. The summed E-state index contributed by atoms with van der Waals surface area (Å²) >= 11 is 0. The maximum absolute atomic E-state index is 12.6. The minimum Gasteiger partial charge on any atom is -0.483 e. The van der Waals surface area contributed by atoms with Crippen LogP contribution in [0.4, 0.5) is 0 Å². The zero-order valence-corrected chi connectivity index (χ0v) is 16.3. The summed E-state index contributed by atoms with van der Waals surface area (Å²) < 4.78 is 17.7.